The van der Waals surface area contributed by atoms with Gasteiger partial charge in [0.05, 0.1) is 23.0 Å². The van der Waals surface area contributed by atoms with Gasteiger partial charge in [0.2, 0.25) is 0 Å². The summed E-state index contributed by atoms with van der Waals surface area (Å²) in [5.74, 6) is 0.101. The standard InChI is InChI=1S/C23H25N3O2/c27-22(17-9-6-11-19-21(17)25-15-24-19)26-14-13-23(28,16-7-2-1-3-8-16)18-10-4-5-12-20(18)26/h1-3,6-9,11,15,18,20,28H,4-5,10,12-14H2,(H,24,25)/t18-,20+,23?/m1/s1. The van der Waals surface area contributed by atoms with Crippen molar-refractivity contribution >= 4 is 16.9 Å². The van der Waals surface area contributed by atoms with Crippen molar-refractivity contribution in [1.29, 1.82) is 0 Å². The lowest BCUT2D eigenvalue weighted by molar-refractivity contribution is -0.110. The van der Waals surface area contributed by atoms with E-state index in [0.717, 1.165) is 42.3 Å². The molecule has 2 heterocycles. The van der Waals surface area contributed by atoms with Gasteiger partial charge in [0, 0.05) is 18.5 Å². The molecule has 3 aromatic rings. The lowest BCUT2D eigenvalue weighted by Gasteiger charge is -2.52. The molecule has 1 aliphatic heterocycles. The van der Waals surface area contributed by atoms with Crippen molar-refractivity contribution in [3.63, 3.8) is 0 Å². The number of benzene rings is 2. The predicted molar refractivity (Wildman–Crippen MR) is 108 cm³/mol. The molecule has 5 heteroatoms. The molecule has 28 heavy (non-hydrogen) atoms. The van der Waals surface area contributed by atoms with Crippen molar-refractivity contribution in [3.8, 4) is 0 Å². The maximum atomic E-state index is 13.5. The molecule has 2 N–H and O–H groups in total. The second kappa shape index (κ2) is 6.74. The topological polar surface area (TPSA) is 69.2 Å². The summed E-state index contributed by atoms with van der Waals surface area (Å²) in [5.41, 5.74) is 2.37. The molecule has 144 valence electrons. The third-order valence-corrected chi connectivity index (χ3v) is 6.69. The van der Waals surface area contributed by atoms with Crippen LogP contribution in [0, 0.1) is 5.92 Å². The first-order chi connectivity index (χ1) is 13.7. The van der Waals surface area contributed by atoms with Gasteiger partial charge in [-0.25, -0.2) is 4.98 Å². The molecular formula is C23H25N3O2. The molecule has 1 aliphatic carbocycles. The van der Waals surface area contributed by atoms with Crippen LogP contribution < -0.4 is 0 Å². The van der Waals surface area contributed by atoms with Gasteiger partial charge >= 0.3 is 0 Å². The van der Waals surface area contributed by atoms with Crippen molar-refractivity contribution in [3.05, 3.63) is 66.0 Å². The number of nitrogens with zero attached hydrogens (tertiary/aromatic N) is 2. The zero-order valence-corrected chi connectivity index (χ0v) is 15.8. The van der Waals surface area contributed by atoms with E-state index < -0.39 is 5.60 Å². The molecule has 5 nitrogen and oxygen atoms in total. The van der Waals surface area contributed by atoms with E-state index in [-0.39, 0.29) is 17.9 Å². The van der Waals surface area contributed by atoms with Gasteiger partial charge in [0.1, 0.15) is 5.52 Å². The molecule has 1 unspecified atom stereocenters. The quantitative estimate of drug-likeness (QED) is 0.715. The van der Waals surface area contributed by atoms with Crippen LogP contribution in [0.1, 0.15) is 48.0 Å². The number of aliphatic hydroxyl groups is 1. The third-order valence-electron chi connectivity index (χ3n) is 6.69. The number of imidazole rings is 1. The number of hydrogen-bond donors (Lipinski definition) is 2. The Morgan fingerprint density at radius 2 is 1.93 bits per heavy atom. The summed E-state index contributed by atoms with van der Waals surface area (Å²) in [5, 5.41) is 11.7. The SMILES string of the molecule is O=C(c1cccc2[nH]cnc12)N1CCC(O)(c2ccccc2)[C@@H]2CCCC[C@@H]21. The Morgan fingerprint density at radius 3 is 2.79 bits per heavy atom. The summed E-state index contributed by atoms with van der Waals surface area (Å²) in [7, 11) is 0. The fourth-order valence-electron chi connectivity index (χ4n) is 5.31. The number of fused-ring (bicyclic) bond motifs is 2. The Labute approximate surface area is 164 Å². The fraction of sp³-hybridized carbons (Fsp3) is 0.391. The van der Waals surface area contributed by atoms with Crippen molar-refractivity contribution in [2.75, 3.05) is 6.54 Å². The van der Waals surface area contributed by atoms with Crippen LogP contribution in [0.25, 0.3) is 11.0 Å². The van der Waals surface area contributed by atoms with Gasteiger partial charge in [-0.15, -0.1) is 0 Å². The third kappa shape index (κ3) is 2.65. The lowest BCUT2D eigenvalue weighted by atomic mass is 9.66. The first-order valence-electron chi connectivity index (χ1n) is 10.2. The van der Waals surface area contributed by atoms with E-state index in [2.05, 4.69) is 9.97 Å². The van der Waals surface area contributed by atoms with Crippen LogP contribution in [0.2, 0.25) is 0 Å². The van der Waals surface area contributed by atoms with E-state index in [9.17, 15) is 9.90 Å². The fourth-order valence-corrected chi connectivity index (χ4v) is 5.31. The van der Waals surface area contributed by atoms with Gasteiger partial charge in [-0.3, -0.25) is 4.79 Å². The van der Waals surface area contributed by atoms with Gasteiger partial charge in [-0.2, -0.15) is 0 Å². The Hall–Kier alpha value is -2.66. The highest BCUT2D eigenvalue weighted by molar-refractivity contribution is 6.05. The van der Waals surface area contributed by atoms with Gasteiger partial charge in [-0.1, -0.05) is 49.2 Å². The van der Waals surface area contributed by atoms with Crippen LogP contribution in [0.15, 0.2) is 54.9 Å². The Bertz CT molecular complexity index is 999. The second-order valence-corrected chi connectivity index (χ2v) is 8.10. The average molecular weight is 375 g/mol. The van der Waals surface area contributed by atoms with Crippen molar-refractivity contribution in [2.24, 2.45) is 5.92 Å². The van der Waals surface area contributed by atoms with Crippen LogP contribution in [-0.2, 0) is 5.60 Å². The highest BCUT2D eigenvalue weighted by Gasteiger charge is 2.50. The summed E-state index contributed by atoms with van der Waals surface area (Å²) in [6, 6.07) is 15.8. The number of carbonyl (C=O) groups is 1. The molecule has 0 radical (unpaired) electrons. The minimum atomic E-state index is -0.860. The minimum absolute atomic E-state index is 0.0321. The maximum Gasteiger partial charge on any atom is 0.256 e. The van der Waals surface area contributed by atoms with E-state index in [1.807, 2.05) is 53.4 Å². The molecule has 2 fully saturated rings. The van der Waals surface area contributed by atoms with Crippen molar-refractivity contribution < 1.29 is 9.90 Å². The van der Waals surface area contributed by atoms with E-state index in [1.165, 1.54) is 0 Å². The van der Waals surface area contributed by atoms with E-state index in [0.29, 0.717) is 18.5 Å². The first kappa shape index (κ1) is 17.4. The summed E-state index contributed by atoms with van der Waals surface area (Å²) in [6.45, 7) is 0.562. The lowest BCUT2D eigenvalue weighted by Crippen LogP contribution is -2.59. The molecule has 1 saturated heterocycles. The number of hydrogen-bond acceptors (Lipinski definition) is 3. The zero-order chi connectivity index (χ0) is 19.1. The maximum absolute atomic E-state index is 13.5. The number of nitrogens with one attached hydrogen (secondary N) is 1. The monoisotopic (exact) mass is 375 g/mol. The number of rotatable bonds is 2. The molecule has 1 aromatic heterocycles. The second-order valence-electron chi connectivity index (χ2n) is 8.10. The van der Waals surface area contributed by atoms with E-state index in [1.54, 1.807) is 6.33 Å². The van der Waals surface area contributed by atoms with Gasteiger partial charge in [-0.05, 0) is 37.0 Å². The molecule has 2 aliphatic rings. The predicted octanol–water partition coefficient (Wildman–Crippen LogP) is 3.86. The number of aromatic nitrogens is 2. The van der Waals surface area contributed by atoms with Crippen LogP contribution >= 0.6 is 0 Å². The number of amides is 1. The van der Waals surface area contributed by atoms with Gasteiger partial charge in [0.15, 0.2) is 0 Å². The molecular weight excluding hydrogens is 350 g/mol. The average Bonchev–Trinajstić information content (AvgIpc) is 3.23. The number of likely N-dealkylation sites (tertiary alicyclic amines) is 1. The van der Waals surface area contributed by atoms with Crippen LogP contribution in [0.5, 0.6) is 0 Å². The Kier molecular flexibility index (Phi) is 4.20. The van der Waals surface area contributed by atoms with Crippen molar-refractivity contribution in [1.82, 2.24) is 14.9 Å². The van der Waals surface area contributed by atoms with E-state index in [4.69, 9.17) is 0 Å². The number of para-hydroxylation sites is 1. The van der Waals surface area contributed by atoms with Crippen LogP contribution in [0.4, 0.5) is 0 Å². The minimum Gasteiger partial charge on any atom is -0.385 e. The molecule has 5 rings (SSSR count). The largest absolute Gasteiger partial charge is 0.385 e. The van der Waals surface area contributed by atoms with E-state index >= 15 is 0 Å². The Balaban J connectivity index is 1.51. The molecule has 2 aromatic carbocycles. The number of carbonyl (C=O) groups excluding carboxylic acids is 1. The molecule has 1 amide bonds. The van der Waals surface area contributed by atoms with Gasteiger partial charge in [0.25, 0.3) is 5.91 Å². The highest BCUT2D eigenvalue weighted by atomic mass is 16.3. The molecule has 3 atom stereocenters. The number of aromatic amines is 1. The summed E-state index contributed by atoms with van der Waals surface area (Å²) < 4.78 is 0. The summed E-state index contributed by atoms with van der Waals surface area (Å²) in [6.07, 6.45) is 6.31. The first-order valence-corrected chi connectivity index (χ1v) is 10.2. The smallest absolute Gasteiger partial charge is 0.256 e. The summed E-state index contributed by atoms with van der Waals surface area (Å²) in [4.78, 5) is 23.0. The molecule has 0 bridgehead atoms. The normalized spacial score (nSPS) is 27.5. The zero-order valence-electron chi connectivity index (χ0n) is 15.8. The van der Waals surface area contributed by atoms with Crippen molar-refractivity contribution in [2.45, 2.75) is 43.7 Å². The van der Waals surface area contributed by atoms with Crippen LogP contribution in [0.3, 0.4) is 0 Å². The number of piperidine rings is 1. The van der Waals surface area contributed by atoms with Crippen LogP contribution in [-0.4, -0.2) is 38.5 Å². The molecule has 0 spiro atoms. The molecule has 1 saturated carbocycles. The number of H-pyrrole nitrogens is 1. The van der Waals surface area contributed by atoms with Gasteiger partial charge < -0.3 is 15.0 Å². The Morgan fingerprint density at radius 1 is 1.11 bits per heavy atom. The highest BCUT2D eigenvalue weighted by Crippen LogP contribution is 2.47. The summed E-state index contributed by atoms with van der Waals surface area (Å²) >= 11 is 0.